The van der Waals surface area contributed by atoms with Crippen LogP contribution in [0.1, 0.15) is 32.1 Å². The zero-order valence-electron chi connectivity index (χ0n) is 7.26. The molecule has 1 nitrogen and oxygen atoms in total. The lowest BCUT2D eigenvalue weighted by Crippen LogP contribution is -2.14. The lowest BCUT2D eigenvalue weighted by atomic mass is 9.86. The van der Waals surface area contributed by atoms with Gasteiger partial charge in [-0.25, -0.2) is 0 Å². The average molecular weight is 278 g/mol. The van der Waals surface area contributed by atoms with Crippen molar-refractivity contribution in [3.63, 3.8) is 0 Å². The molecule has 2 aliphatic rings. The first-order valence-corrected chi connectivity index (χ1v) is 5.86. The van der Waals surface area contributed by atoms with Crippen LogP contribution in [0.3, 0.4) is 0 Å². The van der Waals surface area contributed by atoms with Crippen molar-refractivity contribution in [1.29, 1.82) is 0 Å². The van der Waals surface area contributed by atoms with Crippen LogP contribution in [0.15, 0.2) is 10.2 Å². The number of ether oxygens (including phenoxy) is 1. The van der Waals surface area contributed by atoms with Gasteiger partial charge >= 0.3 is 0 Å². The molecule has 0 N–H and O–H groups in total. The molecule has 12 heavy (non-hydrogen) atoms. The van der Waals surface area contributed by atoms with Crippen molar-refractivity contribution in [3.8, 4) is 0 Å². The van der Waals surface area contributed by atoms with E-state index in [1.165, 1.54) is 35.7 Å². The summed E-state index contributed by atoms with van der Waals surface area (Å²) in [5.41, 5.74) is 0. The molecule has 1 heterocycles. The first-order valence-electron chi connectivity index (χ1n) is 4.79. The zero-order chi connectivity index (χ0) is 8.55. The van der Waals surface area contributed by atoms with Crippen LogP contribution in [0.5, 0.6) is 0 Å². The number of hydrogen-bond acceptors (Lipinski definition) is 1. The SMILES string of the molecule is C=C(I)[C@@H]1O[C@H]1C1CCCCC1. The number of rotatable bonds is 2. The van der Waals surface area contributed by atoms with E-state index in [0.29, 0.717) is 12.2 Å². The maximum Gasteiger partial charge on any atom is 0.114 e. The van der Waals surface area contributed by atoms with Crippen molar-refractivity contribution >= 4 is 22.6 Å². The Labute approximate surface area is 87.7 Å². The molecule has 1 saturated heterocycles. The summed E-state index contributed by atoms with van der Waals surface area (Å²) >= 11 is 2.29. The molecule has 0 aromatic heterocycles. The highest BCUT2D eigenvalue weighted by molar-refractivity contribution is 14.1. The van der Waals surface area contributed by atoms with Gasteiger partial charge in [-0.1, -0.05) is 25.8 Å². The number of epoxide rings is 1. The predicted octanol–water partition coefficient (Wildman–Crippen LogP) is 3.28. The number of halogens is 1. The fraction of sp³-hybridized carbons (Fsp3) is 0.800. The molecule has 0 aromatic rings. The Morgan fingerprint density at radius 2 is 1.92 bits per heavy atom. The van der Waals surface area contributed by atoms with Gasteiger partial charge in [0.05, 0.1) is 6.10 Å². The average Bonchev–Trinajstić information content (AvgIpc) is 2.84. The van der Waals surface area contributed by atoms with Crippen LogP contribution in [0.4, 0.5) is 0 Å². The molecule has 1 saturated carbocycles. The van der Waals surface area contributed by atoms with E-state index in [9.17, 15) is 0 Å². The summed E-state index contributed by atoms with van der Waals surface area (Å²) in [5, 5.41) is 0. The van der Waals surface area contributed by atoms with Crippen molar-refractivity contribution < 1.29 is 4.74 Å². The standard InChI is InChI=1S/C10H15IO/c1-7(11)9-10(12-9)8-5-3-2-4-6-8/h8-10H,1-6H2/t9-,10-/m0/s1. The van der Waals surface area contributed by atoms with E-state index < -0.39 is 0 Å². The molecule has 68 valence electrons. The highest BCUT2D eigenvalue weighted by Gasteiger charge is 2.45. The van der Waals surface area contributed by atoms with Crippen LogP contribution < -0.4 is 0 Å². The molecule has 0 radical (unpaired) electrons. The van der Waals surface area contributed by atoms with Crippen LogP contribution in [-0.4, -0.2) is 12.2 Å². The fourth-order valence-corrected chi connectivity index (χ4v) is 2.70. The zero-order valence-corrected chi connectivity index (χ0v) is 9.42. The summed E-state index contributed by atoms with van der Waals surface area (Å²) in [6, 6.07) is 0. The Kier molecular flexibility index (Phi) is 2.75. The van der Waals surface area contributed by atoms with Crippen molar-refractivity contribution in [2.24, 2.45) is 5.92 Å². The van der Waals surface area contributed by atoms with Crippen molar-refractivity contribution in [1.82, 2.24) is 0 Å². The maximum absolute atomic E-state index is 5.61. The molecular weight excluding hydrogens is 263 g/mol. The van der Waals surface area contributed by atoms with E-state index in [1.807, 2.05) is 0 Å². The summed E-state index contributed by atoms with van der Waals surface area (Å²) in [7, 11) is 0. The van der Waals surface area contributed by atoms with Crippen molar-refractivity contribution in [2.75, 3.05) is 0 Å². The third-order valence-electron chi connectivity index (χ3n) is 2.95. The molecule has 0 aromatic carbocycles. The minimum Gasteiger partial charge on any atom is -0.364 e. The van der Waals surface area contributed by atoms with Crippen molar-refractivity contribution in [2.45, 2.75) is 44.3 Å². The van der Waals surface area contributed by atoms with Crippen LogP contribution >= 0.6 is 22.6 Å². The second kappa shape index (κ2) is 3.66. The van der Waals surface area contributed by atoms with Gasteiger partial charge in [-0.05, 0) is 41.4 Å². The monoisotopic (exact) mass is 278 g/mol. The Morgan fingerprint density at radius 3 is 2.42 bits per heavy atom. The normalized spacial score (nSPS) is 36.4. The minimum absolute atomic E-state index is 0.397. The summed E-state index contributed by atoms with van der Waals surface area (Å²) in [6.45, 7) is 3.92. The van der Waals surface area contributed by atoms with E-state index in [0.717, 1.165) is 5.92 Å². The van der Waals surface area contributed by atoms with Gasteiger partial charge in [-0.15, -0.1) is 0 Å². The minimum atomic E-state index is 0.397. The first kappa shape index (κ1) is 9.00. The van der Waals surface area contributed by atoms with Crippen LogP contribution in [0.2, 0.25) is 0 Å². The molecule has 2 rings (SSSR count). The highest BCUT2D eigenvalue weighted by Crippen LogP contribution is 2.42. The second-order valence-corrected chi connectivity index (χ2v) is 5.25. The molecule has 0 spiro atoms. The molecule has 1 aliphatic heterocycles. The molecular formula is C10H15IO. The number of hydrogen-bond donors (Lipinski definition) is 0. The van der Waals surface area contributed by atoms with E-state index in [-0.39, 0.29) is 0 Å². The topological polar surface area (TPSA) is 12.5 Å². The smallest absolute Gasteiger partial charge is 0.114 e. The van der Waals surface area contributed by atoms with Gasteiger partial charge in [0, 0.05) is 3.58 Å². The van der Waals surface area contributed by atoms with Crippen molar-refractivity contribution in [3.05, 3.63) is 10.2 Å². The third kappa shape index (κ3) is 1.84. The second-order valence-electron chi connectivity index (χ2n) is 3.87. The van der Waals surface area contributed by atoms with E-state index >= 15 is 0 Å². The lowest BCUT2D eigenvalue weighted by molar-refractivity contribution is 0.264. The van der Waals surface area contributed by atoms with Gasteiger partial charge in [0.25, 0.3) is 0 Å². The Balaban J connectivity index is 1.83. The van der Waals surface area contributed by atoms with E-state index in [4.69, 9.17) is 4.74 Å². The van der Waals surface area contributed by atoms with Gasteiger partial charge in [0.1, 0.15) is 6.10 Å². The van der Waals surface area contributed by atoms with E-state index in [2.05, 4.69) is 29.2 Å². The predicted molar refractivity (Wildman–Crippen MR) is 58.4 cm³/mol. The maximum atomic E-state index is 5.61. The molecule has 2 atom stereocenters. The van der Waals surface area contributed by atoms with Gasteiger partial charge in [-0.3, -0.25) is 0 Å². The van der Waals surface area contributed by atoms with Crippen LogP contribution in [-0.2, 0) is 4.74 Å². The van der Waals surface area contributed by atoms with Crippen LogP contribution in [0, 0.1) is 5.92 Å². The molecule has 2 heteroatoms. The molecule has 0 bridgehead atoms. The highest BCUT2D eigenvalue weighted by atomic mass is 127. The largest absolute Gasteiger partial charge is 0.364 e. The van der Waals surface area contributed by atoms with Gasteiger partial charge in [-0.2, -0.15) is 0 Å². The molecule has 0 unspecified atom stereocenters. The third-order valence-corrected chi connectivity index (χ3v) is 3.56. The fourth-order valence-electron chi connectivity index (χ4n) is 2.20. The Bertz CT molecular complexity index is 184. The molecule has 1 aliphatic carbocycles. The van der Waals surface area contributed by atoms with Gasteiger partial charge < -0.3 is 4.74 Å². The lowest BCUT2D eigenvalue weighted by Gasteiger charge is -2.19. The van der Waals surface area contributed by atoms with Gasteiger partial charge in [0.2, 0.25) is 0 Å². The Hall–Kier alpha value is 0.430. The molecule has 2 fully saturated rings. The molecule has 0 amide bonds. The van der Waals surface area contributed by atoms with E-state index in [1.54, 1.807) is 0 Å². The summed E-state index contributed by atoms with van der Waals surface area (Å²) < 4.78 is 6.79. The quantitative estimate of drug-likeness (QED) is 0.558. The summed E-state index contributed by atoms with van der Waals surface area (Å²) in [4.78, 5) is 0. The Morgan fingerprint density at radius 1 is 1.25 bits per heavy atom. The van der Waals surface area contributed by atoms with Crippen LogP contribution in [0.25, 0.3) is 0 Å². The summed E-state index contributed by atoms with van der Waals surface area (Å²) in [5.74, 6) is 0.843. The first-order chi connectivity index (χ1) is 5.79. The summed E-state index contributed by atoms with van der Waals surface area (Å²) in [6.07, 6.45) is 7.94. The van der Waals surface area contributed by atoms with Gasteiger partial charge in [0.15, 0.2) is 0 Å².